The predicted molar refractivity (Wildman–Crippen MR) is 104 cm³/mol. The normalized spacial score (nSPS) is 16.6. The van der Waals surface area contributed by atoms with Crippen molar-refractivity contribution in [1.29, 1.82) is 0 Å². The van der Waals surface area contributed by atoms with Gasteiger partial charge in [0.2, 0.25) is 0 Å². The Kier molecular flexibility index (Phi) is 6.82. The molecule has 0 bridgehead atoms. The summed E-state index contributed by atoms with van der Waals surface area (Å²) in [5.74, 6) is 0.753. The Labute approximate surface area is 161 Å². The van der Waals surface area contributed by atoms with E-state index in [2.05, 4.69) is 9.88 Å². The summed E-state index contributed by atoms with van der Waals surface area (Å²) in [6.45, 7) is 5.34. The number of ether oxygens (including phenoxy) is 2. The Morgan fingerprint density at radius 2 is 1.85 bits per heavy atom. The minimum atomic E-state index is -0.453. The quantitative estimate of drug-likeness (QED) is 0.665. The maximum Gasteiger partial charge on any atom is 0.312 e. The lowest BCUT2D eigenvalue weighted by molar-refractivity contribution is -0.159. The molecular formula is C22H28N2O3. The van der Waals surface area contributed by atoms with Crippen LogP contribution in [0.4, 0.5) is 0 Å². The number of piperidine rings is 1. The minimum absolute atomic E-state index is 0.0841. The van der Waals surface area contributed by atoms with Gasteiger partial charge >= 0.3 is 5.97 Å². The van der Waals surface area contributed by atoms with Gasteiger partial charge in [-0.15, -0.1) is 0 Å². The van der Waals surface area contributed by atoms with Gasteiger partial charge in [0.05, 0.1) is 24.3 Å². The fourth-order valence-electron chi connectivity index (χ4n) is 3.58. The number of hydrogen-bond acceptors (Lipinski definition) is 5. The summed E-state index contributed by atoms with van der Waals surface area (Å²) in [6, 6.07) is 15.7. The fourth-order valence-corrected chi connectivity index (χ4v) is 3.58. The molecule has 5 nitrogen and oxygen atoms in total. The number of benzene rings is 1. The highest BCUT2D eigenvalue weighted by Crippen LogP contribution is 2.37. The highest BCUT2D eigenvalue weighted by Gasteiger charge is 2.42. The Hall–Kier alpha value is -2.40. The molecule has 0 radical (unpaired) electrons. The molecule has 0 N–H and O–H groups in total. The van der Waals surface area contributed by atoms with Crippen LogP contribution >= 0.6 is 0 Å². The van der Waals surface area contributed by atoms with Crippen molar-refractivity contribution in [3.05, 3.63) is 60.4 Å². The molecule has 0 atom stereocenters. The summed E-state index contributed by atoms with van der Waals surface area (Å²) in [6.07, 6.45) is 4.08. The second-order valence-corrected chi connectivity index (χ2v) is 7.01. The van der Waals surface area contributed by atoms with E-state index in [1.54, 1.807) is 0 Å². The van der Waals surface area contributed by atoms with Crippen LogP contribution in [-0.4, -0.2) is 42.2 Å². The van der Waals surface area contributed by atoms with Gasteiger partial charge in [-0.05, 0) is 63.5 Å². The molecule has 1 fully saturated rings. The second-order valence-electron chi connectivity index (χ2n) is 7.01. The molecule has 27 heavy (non-hydrogen) atoms. The molecule has 1 aromatic heterocycles. The summed E-state index contributed by atoms with van der Waals surface area (Å²) in [4.78, 5) is 19.5. The summed E-state index contributed by atoms with van der Waals surface area (Å²) < 4.78 is 11.3. The first kappa shape index (κ1) is 19.4. The molecule has 0 unspecified atom stereocenters. The van der Waals surface area contributed by atoms with Gasteiger partial charge in [-0.2, -0.15) is 0 Å². The highest BCUT2D eigenvalue weighted by atomic mass is 16.5. The van der Waals surface area contributed by atoms with Gasteiger partial charge < -0.3 is 9.47 Å². The fraction of sp³-hybridized carbons (Fsp3) is 0.455. The van der Waals surface area contributed by atoms with E-state index in [-0.39, 0.29) is 5.97 Å². The number of nitrogens with zero attached hydrogens (tertiary/aromatic N) is 2. The zero-order valence-electron chi connectivity index (χ0n) is 16.0. The third kappa shape index (κ3) is 5.30. The van der Waals surface area contributed by atoms with Crippen LogP contribution in [0, 0.1) is 5.41 Å². The first-order valence-corrected chi connectivity index (χ1v) is 9.69. The molecular weight excluding hydrogens is 340 g/mol. The van der Waals surface area contributed by atoms with E-state index in [0.717, 1.165) is 43.9 Å². The van der Waals surface area contributed by atoms with Crippen molar-refractivity contribution in [3.63, 3.8) is 0 Å². The Morgan fingerprint density at radius 3 is 2.52 bits per heavy atom. The number of carbonyl (C=O) groups is 1. The number of hydrogen-bond donors (Lipinski definition) is 0. The molecule has 1 aliphatic heterocycles. The molecule has 0 aliphatic carbocycles. The van der Waals surface area contributed by atoms with Gasteiger partial charge in [-0.1, -0.05) is 24.3 Å². The maximum absolute atomic E-state index is 12.7. The summed E-state index contributed by atoms with van der Waals surface area (Å²) in [5, 5.41) is 0. The Bertz CT molecular complexity index is 698. The predicted octanol–water partition coefficient (Wildman–Crippen LogP) is 3.70. The van der Waals surface area contributed by atoms with E-state index in [0.29, 0.717) is 19.6 Å². The molecule has 2 heterocycles. The summed E-state index contributed by atoms with van der Waals surface area (Å²) >= 11 is 0. The summed E-state index contributed by atoms with van der Waals surface area (Å²) in [7, 11) is 0. The van der Waals surface area contributed by atoms with Gasteiger partial charge in [-0.25, -0.2) is 0 Å². The number of pyridine rings is 1. The van der Waals surface area contributed by atoms with E-state index in [1.165, 1.54) is 0 Å². The number of likely N-dealkylation sites (tertiary alicyclic amines) is 1. The van der Waals surface area contributed by atoms with Crippen LogP contribution in [0.3, 0.4) is 0 Å². The largest absolute Gasteiger partial charge is 0.494 e. The maximum atomic E-state index is 12.7. The molecule has 5 heteroatoms. The molecule has 0 saturated carbocycles. The van der Waals surface area contributed by atoms with Gasteiger partial charge in [0.15, 0.2) is 0 Å². The molecule has 3 rings (SSSR count). The lowest BCUT2D eigenvalue weighted by atomic mass is 9.75. The first-order chi connectivity index (χ1) is 13.2. The zero-order valence-corrected chi connectivity index (χ0v) is 16.0. The number of esters is 1. The second kappa shape index (κ2) is 9.51. The Balaban J connectivity index is 1.58. The highest BCUT2D eigenvalue weighted by molar-refractivity contribution is 5.77. The average Bonchev–Trinajstić information content (AvgIpc) is 2.71. The summed E-state index contributed by atoms with van der Waals surface area (Å²) in [5.41, 5.74) is 0.610. The van der Waals surface area contributed by atoms with Crippen molar-refractivity contribution >= 4 is 5.97 Å². The number of rotatable bonds is 8. The van der Waals surface area contributed by atoms with Crippen molar-refractivity contribution in [2.24, 2.45) is 5.41 Å². The third-order valence-electron chi connectivity index (χ3n) is 5.23. The van der Waals surface area contributed by atoms with E-state index in [9.17, 15) is 4.79 Å². The van der Waals surface area contributed by atoms with E-state index in [1.807, 2.05) is 61.7 Å². The van der Waals surface area contributed by atoms with Crippen LogP contribution < -0.4 is 4.74 Å². The van der Waals surface area contributed by atoms with E-state index >= 15 is 0 Å². The number of para-hydroxylation sites is 1. The lowest BCUT2D eigenvalue weighted by Crippen LogP contribution is -2.45. The van der Waals surface area contributed by atoms with Crippen molar-refractivity contribution in [3.8, 4) is 5.75 Å². The SMILES string of the molecule is CCOC(=O)C1(CCOc2ccccc2)CCN(Cc2ccccn2)CC1. The van der Waals surface area contributed by atoms with Crippen LogP contribution in [0.25, 0.3) is 0 Å². The molecule has 1 aromatic carbocycles. The number of carbonyl (C=O) groups excluding carboxylic acids is 1. The molecule has 1 saturated heterocycles. The number of aromatic nitrogens is 1. The third-order valence-corrected chi connectivity index (χ3v) is 5.23. The monoisotopic (exact) mass is 368 g/mol. The molecule has 2 aromatic rings. The van der Waals surface area contributed by atoms with E-state index < -0.39 is 5.41 Å². The lowest BCUT2D eigenvalue weighted by Gasteiger charge is -2.39. The van der Waals surface area contributed by atoms with Crippen molar-refractivity contribution < 1.29 is 14.3 Å². The van der Waals surface area contributed by atoms with Crippen LogP contribution in [0.1, 0.15) is 31.9 Å². The van der Waals surface area contributed by atoms with Gasteiger partial charge in [0.25, 0.3) is 0 Å². The van der Waals surface area contributed by atoms with E-state index in [4.69, 9.17) is 9.47 Å². The van der Waals surface area contributed by atoms with Crippen LogP contribution in [-0.2, 0) is 16.1 Å². The zero-order chi connectivity index (χ0) is 19.0. The molecule has 0 amide bonds. The molecule has 144 valence electrons. The molecule has 0 spiro atoms. The average molecular weight is 368 g/mol. The van der Waals surface area contributed by atoms with Crippen molar-refractivity contribution in [1.82, 2.24) is 9.88 Å². The van der Waals surface area contributed by atoms with Crippen molar-refractivity contribution in [2.45, 2.75) is 32.7 Å². The standard InChI is InChI=1S/C22H28N2O3/c1-2-26-21(25)22(13-17-27-20-9-4-3-5-10-20)11-15-24(16-12-22)18-19-8-6-7-14-23-19/h3-10,14H,2,11-13,15-18H2,1H3. The van der Waals surface area contributed by atoms with Crippen LogP contribution in [0.5, 0.6) is 5.75 Å². The van der Waals surface area contributed by atoms with Gasteiger partial charge in [-0.3, -0.25) is 14.7 Å². The van der Waals surface area contributed by atoms with Crippen molar-refractivity contribution in [2.75, 3.05) is 26.3 Å². The first-order valence-electron chi connectivity index (χ1n) is 9.69. The smallest absolute Gasteiger partial charge is 0.312 e. The minimum Gasteiger partial charge on any atom is -0.494 e. The Morgan fingerprint density at radius 1 is 1.11 bits per heavy atom. The van der Waals surface area contributed by atoms with Gasteiger partial charge in [0.1, 0.15) is 5.75 Å². The van der Waals surface area contributed by atoms with Gasteiger partial charge in [0, 0.05) is 12.7 Å². The van der Waals surface area contributed by atoms with Crippen LogP contribution in [0.15, 0.2) is 54.7 Å². The van der Waals surface area contributed by atoms with Crippen LogP contribution in [0.2, 0.25) is 0 Å². The topological polar surface area (TPSA) is 51.7 Å². The molecule has 1 aliphatic rings.